The molecule has 0 aromatic heterocycles. The standard InChI is InChI=1S/C6H9BrN2S/c7-5-3-8-6-9(4-5)1-2-10-6/h5H,1-4H2/t5-/m1/s1. The Hall–Kier alpha value is 0.300. The van der Waals surface area contributed by atoms with Crippen LogP contribution in [-0.2, 0) is 0 Å². The van der Waals surface area contributed by atoms with E-state index in [2.05, 4.69) is 25.8 Å². The molecule has 0 amide bonds. The molecular formula is C6H9BrN2S. The maximum Gasteiger partial charge on any atom is 0.159 e. The number of alkyl halides is 1. The Labute approximate surface area is 73.2 Å². The van der Waals surface area contributed by atoms with Crippen molar-refractivity contribution in [2.75, 3.05) is 25.4 Å². The molecular weight excluding hydrogens is 212 g/mol. The molecule has 0 spiro atoms. The SMILES string of the molecule is Br[C@@H]1CN=C2SCCN2C1. The summed E-state index contributed by atoms with van der Waals surface area (Å²) in [5.41, 5.74) is 0. The van der Waals surface area contributed by atoms with Crippen LogP contribution in [0.15, 0.2) is 4.99 Å². The van der Waals surface area contributed by atoms with Crippen molar-refractivity contribution in [1.82, 2.24) is 4.90 Å². The third kappa shape index (κ3) is 1.19. The van der Waals surface area contributed by atoms with E-state index in [9.17, 15) is 0 Å². The molecule has 0 saturated carbocycles. The number of aliphatic imine (C=N–C) groups is 1. The van der Waals surface area contributed by atoms with Gasteiger partial charge in [0.2, 0.25) is 0 Å². The monoisotopic (exact) mass is 220 g/mol. The normalized spacial score (nSPS) is 31.9. The van der Waals surface area contributed by atoms with Gasteiger partial charge in [0.1, 0.15) is 0 Å². The highest BCUT2D eigenvalue weighted by atomic mass is 79.9. The van der Waals surface area contributed by atoms with Crippen LogP contribution in [0.2, 0.25) is 0 Å². The van der Waals surface area contributed by atoms with Crippen LogP contribution in [0.3, 0.4) is 0 Å². The van der Waals surface area contributed by atoms with E-state index in [1.165, 1.54) is 17.5 Å². The number of rotatable bonds is 0. The van der Waals surface area contributed by atoms with E-state index >= 15 is 0 Å². The van der Waals surface area contributed by atoms with E-state index in [1.54, 1.807) is 0 Å². The zero-order chi connectivity index (χ0) is 6.97. The van der Waals surface area contributed by atoms with Gasteiger partial charge in [-0.3, -0.25) is 4.99 Å². The molecule has 2 aliphatic rings. The number of fused-ring (bicyclic) bond motifs is 1. The lowest BCUT2D eigenvalue weighted by Gasteiger charge is -2.24. The van der Waals surface area contributed by atoms with E-state index in [0.29, 0.717) is 4.83 Å². The first-order valence-corrected chi connectivity index (χ1v) is 5.32. The Balaban J connectivity index is 2.12. The van der Waals surface area contributed by atoms with Gasteiger partial charge in [0.25, 0.3) is 0 Å². The van der Waals surface area contributed by atoms with Crippen molar-refractivity contribution in [3.05, 3.63) is 0 Å². The lowest BCUT2D eigenvalue weighted by Crippen LogP contribution is -2.36. The van der Waals surface area contributed by atoms with E-state index in [4.69, 9.17) is 0 Å². The van der Waals surface area contributed by atoms with Gasteiger partial charge in [0, 0.05) is 18.8 Å². The fraction of sp³-hybridized carbons (Fsp3) is 0.833. The minimum atomic E-state index is 0.579. The van der Waals surface area contributed by atoms with Crippen LogP contribution in [0, 0.1) is 0 Å². The van der Waals surface area contributed by atoms with E-state index in [-0.39, 0.29) is 0 Å². The smallest absolute Gasteiger partial charge is 0.159 e. The Morgan fingerprint density at radius 2 is 2.60 bits per heavy atom. The molecule has 1 atom stereocenters. The molecule has 0 aliphatic carbocycles. The number of halogens is 1. The molecule has 2 rings (SSSR count). The molecule has 2 heterocycles. The summed E-state index contributed by atoms with van der Waals surface area (Å²) in [5, 5.41) is 1.26. The van der Waals surface area contributed by atoms with Gasteiger partial charge >= 0.3 is 0 Å². The lowest BCUT2D eigenvalue weighted by atomic mass is 10.3. The van der Waals surface area contributed by atoms with E-state index in [0.717, 1.165) is 13.1 Å². The average molecular weight is 221 g/mol. The van der Waals surface area contributed by atoms with Gasteiger partial charge in [0.15, 0.2) is 5.17 Å². The molecule has 56 valence electrons. The fourth-order valence-corrected chi connectivity index (χ4v) is 2.73. The van der Waals surface area contributed by atoms with Crippen molar-refractivity contribution in [1.29, 1.82) is 0 Å². The summed E-state index contributed by atoms with van der Waals surface area (Å²) in [6, 6.07) is 0. The second-order valence-electron chi connectivity index (χ2n) is 2.52. The van der Waals surface area contributed by atoms with E-state index in [1.807, 2.05) is 11.8 Å². The summed E-state index contributed by atoms with van der Waals surface area (Å²) in [5.74, 6) is 1.22. The van der Waals surface area contributed by atoms with Crippen LogP contribution in [-0.4, -0.2) is 40.3 Å². The average Bonchev–Trinajstić information content (AvgIpc) is 2.33. The first-order chi connectivity index (χ1) is 4.86. The summed E-state index contributed by atoms with van der Waals surface area (Å²) in [7, 11) is 0. The topological polar surface area (TPSA) is 15.6 Å². The molecule has 0 radical (unpaired) electrons. The first kappa shape index (κ1) is 6.98. The van der Waals surface area contributed by atoms with Gasteiger partial charge in [-0.2, -0.15) is 0 Å². The highest BCUT2D eigenvalue weighted by Crippen LogP contribution is 2.23. The molecule has 2 aliphatic heterocycles. The Morgan fingerprint density at radius 1 is 1.70 bits per heavy atom. The van der Waals surface area contributed by atoms with Crippen molar-refractivity contribution in [2.24, 2.45) is 4.99 Å². The summed E-state index contributed by atoms with van der Waals surface area (Å²) in [6.45, 7) is 3.29. The summed E-state index contributed by atoms with van der Waals surface area (Å²) in [4.78, 5) is 7.36. The Kier molecular flexibility index (Phi) is 1.91. The van der Waals surface area contributed by atoms with Gasteiger partial charge in [0.05, 0.1) is 11.4 Å². The number of hydrogen-bond donors (Lipinski definition) is 0. The Morgan fingerprint density at radius 3 is 3.50 bits per heavy atom. The van der Waals surface area contributed by atoms with Crippen LogP contribution in [0.25, 0.3) is 0 Å². The molecule has 10 heavy (non-hydrogen) atoms. The molecule has 0 aromatic rings. The maximum atomic E-state index is 4.43. The summed E-state index contributed by atoms with van der Waals surface area (Å²) < 4.78 is 0. The fourth-order valence-electron chi connectivity index (χ4n) is 1.22. The number of nitrogens with zero attached hydrogens (tertiary/aromatic N) is 2. The molecule has 1 fully saturated rings. The van der Waals surface area contributed by atoms with Crippen LogP contribution >= 0.6 is 27.7 Å². The van der Waals surface area contributed by atoms with Crippen molar-refractivity contribution in [3.63, 3.8) is 0 Å². The van der Waals surface area contributed by atoms with Gasteiger partial charge in [-0.25, -0.2) is 0 Å². The summed E-state index contributed by atoms with van der Waals surface area (Å²) >= 11 is 5.45. The quantitative estimate of drug-likeness (QED) is 0.570. The number of hydrogen-bond acceptors (Lipinski definition) is 3. The van der Waals surface area contributed by atoms with Crippen LogP contribution < -0.4 is 0 Å². The highest BCUT2D eigenvalue weighted by molar-refractivity contribution is 9.09. The molecule has 0 unspecified atom stereocenters. The maximum absolute atomic E-state index is 4.43. The van der Waals surface area contributed by atoms with Crippen molar-refractivity contribution < 1.29 is 0 Å². The van der Waals surface area contributed by atoms with Crippen LogP contribution in [0.1, 0.15) is 0 Å². The second-order valence-corrected chi connectivity index (χ2v) is 4.87. The Bertz CT molecular complexity index is 171. The molecule has 2 nitrogen and oxygen atoms in total. The zero-order valence-corrected chi connectivity index (χ0v) is 7.99. The van der Waals surface area contributed by atoms with E-state index < -0.39 is 0 Å². The predicted molar refractivity (Wildman–Crippen MR) is 49.0 cm³/mol. The molecule has 0 aromatic carbocycles. The minimum absolute atomic E-state index is 0.579. The lowest BCUT2D eigenvalue weighted by molar-refractivity contribution is 0.443. The highest BCUT2D eigenvalue weighted by Gasteiger charge is 2.24. The van der Waals surface area contributed by atoms with Gasteiger partial charge in [-0.15, -0.1) is 0 Å². The summed E-state index contributed by atoms with van der Waals surface area (Å²) in [6.07, 6.45) is 0. The van der Waals surface area contributed by atoms with Crippen molar-refractivity contribution >= 4 is 32.9 Å². The molecule has 0 N–H and O–H groups in total. The van der Waals surface area contributed by atoms with Crippen LogP contribution in [0.4, 0.5) is 0 Å². The zero-order valence-electron chi connectivity index (χ0n) is 5.59. The predicted octanol–water partition coefficient (Wildman–Crippen LogP) is 1.17. The molecule has 0 bridgehead atoms. The number of amidine groups is 1. The molecule has 1 saturated heterocycles. The van der Waals surface area contributed by atoms with Gasteiger partial charge in [-0.05, 0) is 0 Å². The first-order valence-electron chi connectivity index (χ1n) is 3.42. The second kappa shape index (κ2) is 2.74. The van der Waals surface area contributed by atoms with Crippen molar-refractivity contribution in [2.45, 2.75) is 4.83 Å². The minimum Gasteiger partial charge on any atom is -0.349 e. The van der Waals surface area contributed by atoms with Gasteiger partial charge < -0.3 is 4.90 Å². The largest absolute Gasteiger partial charge is 0.349 e. The van der Waals surface area contributed by atoms with Crippen LogP contribution in [0.5, 0.6) is 0 Å². The van der Waals surface area contributed by atoms with Crippen molar-refractivity contribution in [3.8, 4) is 0 Å². The molecule has 4 heteroatoms. The third-order valence-corrected chi connectivity index (χ3v) is 3.32. The number of thioether (sulfide) groups is 1. The third-order valence-electron chi connectivity index (χ3n) is 1.71. The van der Waals surface area contributed by atoms with Gasteiger partial charge in [-0.1, -0.05) is 27.7 Å².